The number of rotatable bonds is 4. The quantitative estimate of drug-likeness (QED) is 0.435. The standard InChI is InChI=1S/C25H20N2O2S/c1-26-23(24(28)30-25(26)29)20-13-8-14-21-19(20)15-16-27(21)22(17-9-4-2-5-10-17)18-11-6-3-7-12-18/h2-16,22-23H,1H3. The molecule has 1 aliphatic heterocycles. The molecule has 0 aliphatic carbocycles. The van der Waals surface area contributed by atoms with Crippen LogP contribution < -0.4 is 0 Å². The predicted octanol–water partition coefficient (Wildman–Crippen LogP) is 5.65. The number of hydrogen-bond donors (Lipinski definition) is 0. The Kier molecular flexibility index (Phi) is 4.68. The molecule has 1 aliphatic rings. The minimum Gasteiger partial charge on any atom is -0.336 e. The fraction of sp³-hybridized carbons (Fsp3) is 0.120. The highest BCUT2D eigenvalue weighted by molar-refractivity contribution is 8.26. The zero-order valence-electron chi connectivity index (χ0n) is 16.4. The van der Waals surface area contributed by atoms with Gasteiger partial charge in [-0.1, -0.05) is 72.8 Å². The molecule has 30 heavy (non-hydrogen) atoms. The van der Waals surface area contributed by atoms with Crippen LogP contribution in [0.15, 0.2) is 91.1 Å². The summed E-state index contributed by atoms with van der Waals surface area (Å²) in [6.45, 7) is 0. The van der Waals surface area contributed by atoms with Gasteiger partial charge in [0.2, 0.25) is 5.12 Å². The number of carbonyl (C=O) groups excluding carboxylic acids is 2. The van der Waals surface area contributed by atoms with Gasteiger partial charge in [-0.15, -0.1) is 0 Å². The maximum absolute atomic E-state index is 12.5. The van der Waals surface area contributed by atoms with Crippen LogP contribution in [0.1, 0.15) is 28.8 Å². The van der Waals surface area contributed by atoms with Gasteiger partial charge in [-0.2, -0.15) is 0 Å². The maximum atomic E-state index is 12.5. The number of amides is 1. The summed E-state index contributed by atoms with van der Waals surface area (Å²) >= 11 is 0.788. The number of likely N-dealkylation sites (N-methyl/N-ethyl adjacent to an activating group) is 1. The Morgan fingerprint density at radius 2 is 1.43 bits per heavy atom. The second kappa shape index (κ2) is 7.50. The summed E-state index contributed by atoms with van der Waals surface area (Å²) in [6, 6.07) is 28.3. The number of nitrogens with zero attached hydrogens (tertiary/aromatic N) is 2. The molecule has 0 saturated carbocycles. The Bertz CT molecular complexity index is 1190. The molecule has 4 nitrogen and oxygen atoms in total. The van der Waals surface area contributed by atoms with Crippen molar-refractivity contribution < 1.29 is 9.59 Å². The summed E-state index contributed by atoms with van der Waals surface area (Å²) in [5, 5.41) is 0.674. The van der Waals surface area contributed by atoms with Gasteiger partial charge < -0.3 is 9.47 Å². The van der Waals surface area contributed by atoms with Crippen LogP contribution in [-0.2, 0) is 4.79 Å². The van der Waals surface area contributed by atoms with Crippen molar-refractivity contribution >= 4 is 33.0 Å². The minimum atomic E-state index is -0.547. The summed E-state index contributed by atoms with van der Waals surface area (Å²) in [5.74, 6) is 0. The highest BCUT2D eigenvalue weighted by Crippen LogP contribution is 2.40. The summed E-state index contributed by atoms with van der Waals surface area (Å²) in [4.78, 5) is 26.1. The lowest BCUT2D eigenvalue weighted by molar-refractivity contribution is -0.113. The molecule has 0 N–H and O–H groups in total. The van der Waals surface area contributed by atoms with Crippen LogP contribution in [0.3, 0.4) is 0 Å². The molecular formula is C25H20N2O2S. The van der Waals surface area contributed by atoms with Gasteiger partial charge in [-0.3, -0.25) is 9.59 Å². The molecule has 1 fully saturated rings. The van der Waals surface area contributed by atoms with Gasteiger partial charge >= 0.3 is 0 Å². The molecule has 1 unspecified atom stereocenters. The smallest absolute Gasteiger partial charge is 0.289 e. The molecule has 0 bridgehead atoms. The molecule has 0 radical (unpaired) electrons. The third kappa shape index (κ3) is 3.02. The van der Waals surface area contributed by atoms with Gasteiger partial charge in [0.15, 0.2) is 0 Å². The van der Waals surface area contributed by atoms with Crippen LogP contribution in [-0.4, -0.2) is 26.9 Å². The van der Waals surface area contributed by atoms with Gasteiger partial charge in [0.25, 0.3) is 5.24 Å². The first kappa shape index (κ1) is 18.7. The highest BCUT2D eigenvalue weighted by Gasteiger charge is 2.39. The van der Waals surface area contributed by atoms with Gasteiger partial charge in [0, 0.05) is 35.9 Å². The van der Waals surface area contributed by atoms with Gasteiger partial charge in [-0.25, -0.2) is 0 Å². The van der Waals surface area contributed by atoms with Crippen LogP contribution in [0.5, 0.6) is 0 Å². The molecule has 1 aromatic heterocycles. The summed E-state index contributed by atoms with van der Waals surface area (Å²) < 4.78 is 2.25. The first-order valence-corrected chi connectivity index (χ1v) is 10.6. The molecule has 5 heteroatoms. The zero-order chi connectivity index (χ0) is 20.7. The highest BCUT2D eigenvalue weighted by atomic mass is 32.2. The lowest BCUT2D eigenvalue weighted by Crippen LogP contribution is -2.23. The van der Waals surface area contributed by atoms with Gasteiger partial charge in [0.1, 0.15) is 6.04 Å². The van der Waals surface area contributed by atoms with Crippen molar-refractivity contribution in [3.8, 4) is 0 Å². The first-order valence-electron chi connectivity index (χ1n) is 9.83. The van der Waals surface area contributed by atoms with E-state index in [0.717, 1.165) is 28.2 Å². The Balaban J connectivity index is 1.69. The number of thioether (sulfide) groups is 1. The van der Waals surface area contributed by atoms with Crippen LogP contribution >= 0.6 is 11.8 Å². The molecule has 1 saturated heterocycles. The van der Waals surface area contributed by atoms with Crippen LogP contribution in [0, 0.1) is 0 Å². The summed E-state index contributed by atoms with van der Waals surface area (Å²) in [5.41, 5.74) is 4.28. The molecule has 0 spiro atoms. The Labute approximate surface area is 179 Å². The number of fused-ring (bicyclic) bond motifs is 1. The first-order chi connectivity index (χ1) is 14.6. The number of carbonyl (C=O) groups is 2. The second-order valence-electron chi connectivity index (χ2n) is 7.43. The molecule has 4 aromatic rings. The molecule has 3 aromatic carbocycles. The third-order valence-corrected chi connectivity index (χ3v) is 6.57. The minimum absolute atomic E-state index is 0.00756. The molecule has 1 atom stereocenters. The van der Waals surface area contributed by atoms with E-state index < -0.39 is 6.04 Å². The van der Waals surface area contributed by atoms with Crippen LogP contribution in [0.4, 0.5) is 4.79 Å². The van der Waals surface area contributed by atoms with E-state index in [9.17, 15) is 9.59 Å². The van der Waals surface area contributed by atoms with E-state index >= 15 is 0 Å². The predicted molar refractivity (Wildman–Crippen MR) is 121 cm³/mol. The van der Waals surface area contributed by atoms with Crippen molar-refractivity contribution in [2.45, 2.75) is 12.1 Å². The van der Waals surface area contributed by atoms with Crippen molar-refractivity contribution in [1.82, 2.24) is 9.47 Å². The maximum Gasteiger partial charge on any atom is 0.289 e. The monoisotopic (exact) mass is 412 g/mol. The van der Waals surface area contributed by atoms with Gasteiger partial charge in [-0.05, 0) is 28.8 Å². The molecule has 1 amide bonds. The third-order valence-electron chi connectivity index (χ3n) is 5.69. The lowest BCUT2D eigenvalue weighted by Gasteiger charge is -2.22. The Hall–Kier alpha value is -3.31. The number of hydrogen-bond acceptors (Lipinski definition) is 3. The van der Waals surface area contributed by atoms with Crippen molar-refractivity contribution in [3.63, 3.8) is 0 Å². The average Bonchev–Trinajstić information content (AvgIpc) is 3.30. The van der Waals surface area contributed by atoms with E-state index in [2.05, 4.69) is 71.4 Å². The normalized spacial score (nSPS) is 16.7. The Morgan fingerprint density at radius 3 is 2.00 bits per heavy atom. The SMILES string of the molecule is CN1C(=O)SC(=O)C1c1cccc2c1ccn2C(c1ccccc1)c1ccccc1. The topological polar surface area (TPSA) is 42.3 Å². The summed E-state index contributed by atoms with van der Waals surface area (Å²) in [7, 11) is 1.69. The molecule has 5 rings (SSSR count). The van der Waals surface area contributed by atoms with E-state index in [-0.39, 0.29) is 16.4 Å². The van der Waals surface area contributed by atoms with Crippen molar-refractivity contribution in [1.29, 1.82) is 0 Å². The van der Waals surface area contributed by atoms with Gasteiger partial charge in [0.05, 0.1) is 6.04 Å². The molecular weight excluding hydrogens is 392 g/mol. The van der Waals surface area contributed by atoms with Crippen molar-refractivity contribution in [3.05, 3.63) is 108 Å². The largest absolute Gasteiger partial charge is 0.336 e. The zero-order valence-corrected chi connectivity index (χ0v) is 17.3. The lowest BCUT2D eigenvalue weighted by atomic mass is 9.98. The Morgan fingerprint density at radius 1 is 0.800 bits per heavy atom. The summed E-state index contributed by atoms with van der Waals surface area (Å²) in [6.07, 6.45) is 2.08. The number of aromatic nitrogens is 1. The van der Waals surface area contributed by atoms with E-state index in [1.54, 1.807) is 7.05 Å². The fourth-order valence-electron chi connectivity index (χ4n) is 4.27. The van der Waals surface area contributed by atoms with E-state index in [1.807, 2.05) is 24.3 Å². The van der Waals surface area contributed by atoms with Crippen LogP contribution in [0.2, 0.25) is 0 Å². The molecule has 2 heterocycles. The molecule has 148 valence electrons. The van der Waals surface area contributed by atoms with E-state index in [1.165, 1.54) is 16.0 Å². The fourth-order valence-corrected chi connectivity index (χ4v) is 5.09. The van der Waals surface area contributed by atoms with E-state index in [0.29, 0.717) is 0 Å². The van der Waals surface area contributed by atoms with Crippen molar-refractivity contribution in [2.75, 3.05) is 7.05 Å². The second-order valence-corrected chi connectivity index (χ2v) is 8.38. The number of benzene rings is 3. The van der Waals surface area contributed by atoms with Crippen LogP contribution in [0.25, 0.3) is 10.9 Å². The van der Waals surface area contributed by atoms with E-state index in [4.69, 9.17) is 0 Å². The van der Waals surface area contributed by atoms with Crippen molar-refractivity contribution in [2.24, 2.45) is 0 Å². The average molecular weight is 413 g/mol.